The summed E-state index contributed by atoms with van der Waals surface area (Å²) in [6.07, 6.45) is 9.36. The van der Waals surface area contributed by atoms with Crippen molar-refractivity contribution in [3.05, 3.63) is 74.0 Å². The largest absolute Gasteiger partial charge is 0.348 e. The van der Waals surface area contributed by atoms with Gasteiger partial charge in [-0.25, -0.2) is 4.98 Å². The summed E-state index contributed by atoms with van der Waals surface area (Å²) in [5.74, 6) is -0.00306. The van der Waals surface area contributed by atoms with Crippen LogP contribution in [0, 0.1) is 5.92 Å². The SMILES string of the molecule is CC=CC(=CC)n1c(C(=O)N(C)C)c(CNC(=O)c2cnc(N3CCC(C)CC3)s2)c(=O)c2ccc(Cl)cc21. The minimum absolute atomic E-state index is 0.119. The summed E-state index contributed by atoms with van der Waals surface area (Å²) in [5.41, 5.74) is 1.27. The van der Waals surface area contributed by atoms with Crippen molar-refractivity contribution in [2.24, 2.45) is 5.92 Å². The molecule has 39 heavy (non-hydrogen) atoms. The summed E-state index contributed by atoms with van der Waals surface area (Å²) >= 11 is 7.66. The number of amides is 2. The molecule has 0 spiro atoms. The molecule has 206 valence electrons. The molecule has 1 saturated heterocycles. The number of piperidine rings is 1. The molecule has 2 amide bonds. The first-order valence-electron chi connectivity index (χ1n) is 13.0. The maximum atomic E-state index is 13.8. The molecule has 0 aliphatic carbocycles. The Balaban J connectivity index is 1.76. The van der Waals surface area contributed by atoms with Crippen LogP contribution in [-0.2, 0) is 6.54 Å². The third-order valence-electron chi connectivity index (χ3n) is 6.93. The number of nitrogens with one attached hydrogen (secondary N) is 1. The van der Waals surface area contributed by atoms with Crippen molar-refractivity contribution >= 4 is 56.5 Å². The molecule has 1 aliphatic rings. The number of nitrogens with zero attached hydrogens (tertiary/aromatic N) is 4. The Morgan fingerprint density at radius 1 is 1.23 bits per heavy atom. The zero-order valence-electron chi connectivity index (χ0n) is 23.0. The number of hydrogen-bond donors (Lipinski definition) is 1. The van der Waals surface area contributed by atoms with Crippen molar-refractivity contribution in [2.75, 3.05) is 32.1 Å². The van der Waals surface area contributed by atoms with Gasteiger partial charge in [-0.15, -0.1) is 0 Å². The van der Waals surface area contributed by atoms with E-state index in [4.69, 9.17) is 11.6 Å². The molecular formula is C29H34ClN5O3S. The molecule has 0 unspecified atom stereocenters. The number of anilines is 1. The van der Waals surface area contributed by atoms with Crippen molar-refractivity contribution in [3.8, 4) is 0 Å². The second-order valence-electron chi connectivity index (χ2n) is 9.93. The van der Waals surface area contributed by atoms with Crippen molar-refractivity contribution in [1.29, 1.82) is 0 Å². The number of hydrogen-bond acceptors (Lipinski definition) is 6. The molecule has 1 aromatic carbocycles. The Bertz CT molecular complexity index is 1510. The van der Waals surface area contributed by atoms with Crippen LogP contribution in [0.1, 0.15) is 59.3 Å². The van der Waals surface area contributed by atoms with Crippen LogP contribution in [-0.4, -0.2) is 53.5 Å². The Kier molecular flexibility index (Phi) is 8.92. The first-order chi connectivity index (χ1) is 18.7. The van der Waals surface area contributed by atoms with E-state index >= 15 is 0 Å². The Morgan fingerprint density at radius 3 is 2.59 bits per heavy atom. The third kappa shape index (κ3) is 5.94. The van der Waals surface area contributed by atoms with Crippen LogP contribution in [0.2, 0.25) is 5.02 Å². The van der Waals surface area contributed by atoms with E-state index in [1.54, 1.807) is 43.1 Å². The molecule has 3 aromatic rings. The average Bonchev–Trinajstić information content (AvgIpc) is 3.41. The van der Waals surface area contributed by atoms with Gasteiger partial charge >= 0.3 is 0 Å². The summed E-state index contributed by atoms with van der Waals surface area (Å²) in [6.45, 7) is 7.72. The zero-order valence-corrected chi connectivity index (χ0v) is 24.5. The van der Waals surface area contributed by atoms with Crippen LogP contribution in [0.25, 0.3) is 16.6 Å². The summed E-state index contributed by atoms with van der Waals surface area (Å²) in [5, 5.41) is 4.54. The number of thiazole rings is 1. The summed E-state index contributed by atoms with van der Waals surface area (Å²) < 4.78 is 1.74. The molecule has 3 heterocycles. The smallest absolute Gasteiger partial charge is 0.270 e. The number of pyridine rings is 1. The highest BCUT2D eigenvalue weighted by Gasteiger charge is 2.26. The lowest BCUT2D eigenvalue weighted by atomic mass is 10.00. The third-order valence-corrected chi connectivity index (χ3v) is 8.22. The highest BCUT2D eigenvalue weighted by molar-refractivity contribution is 7.17. The normalized spacial score (nSPS) is 14.8. The molecule has 0 radical (unpaired) electrons. The second kappa shape index (κ2) is 12.2. The van der Waals surface area contributed by atoms with Gasteiger partial charge in [-0.2, -0.15) is 0 Å². The van der Waals surface area contributed by atoms with Gasteiger partial charge < -0.3 is 19.7 Å². The number of fused-ring (bicyclic) bond motifs is 1. The van der Waals surface area contributed by atoms with Crippen molar-refractivity contribution < 1.29 is 9.59 Å². The van der Waals surface area contributed by atoms with Crippen molar-refractivity contribution in [2.45, 2.75) is 40.2 Å². The van der Waals surface area contributed by atoms with Crippen molar-refractivity contribution in [1.82, 2.24) is 19.8 Å². The molecule has 1 aliphatic heterocycles. The fourth-order valence-corrected chi connectivity index (χ4v) is 5.77. The first kappa shape index (κ1) is 28.6. The molecule has 0 saturated carbocycles. The number of halogens is 1. The molecule has 10 heteroatoms. The zero-order chi connectivity index (χ0) is 28.3. The predicted molar refractivity (Wildman–Crippen MR) is 160 cm³/mol. The van der Waals surface area contributed by atoms with Crippen LogP contribution in [0.3, 0.4) is 0 Å². The van der Waals surface area contributed by atoms with E-state index < -0.39 is 0 Å². The standard InChI is InChI=1S/C29H34ClN5O3S/c1-6-8-20(7-2)35-23-15-19(30)9-10-21(23)26(36)22(25(35)28(38)33(4)5)16-31-27(37)24-17-32-29(39-24)34-13-11-18(3)12-14-34/h6-10,15,17-18H,11-14,16H2,1-5H3,(H,31,37). The van der Waals surface area contributed by atoms with Gasteiger partial charge in [0, 0.05) is 55.4 Å². The molecule has 2 aromatic heterocycles. The fourth-order valence-electron chi connectivity index (χ4n) is 4.72. The van der Waals surface area contributed by atoms with Gasteiger partial charge in [-0.1, -0.05) is 42.0 Å². The minimum atomic E-state index is -0.360. The molecule has 1 N–H and O–H groups in total. The maximum Gasteiger partial charge on any atom is 0.270 e. The van der Waals surface area contributed by atoms with E-state index in [1.807, 2.05) is 32.1 Å². The van der Waals surface area contributed by atoms with E-state index in [0.717, 1.165) is 31.1 Å². The Morgan fingerprint density at radius 2 is 1.95 bits per heavy atom. The summed E-state index contributed by atoms with van der Waals surface area (Å²) in [6, 6.07) is 4.99. The lowest BCUT2D eigenvalue weighted by Gasteiger charge is -2.29. The van der Waals surface area contributed by atoms with E-state index in [2.05, 4.69) is 22.1 Å². The molecular weight excluding hydrogens is 534 g/mol. The van der Waals surface area contributed by atoms with E-state index in [-0.39, 0.29) is 35.0 Å². The van der Waals surface area contributed by atoms with Gasteiger partial charge in [0.1, 0.15) is 10.6 Å². The fraction of sp³-hybridized carbons (Fsp3) is 0.379. The molecule has 1 fully saturated rings. The molecule has 4 rings (SSSR count). The van der Waals surface area contributed by atoms with Crippen LogP contribution in [0.15, 0.2) is 47.4 Å². The summed E-state index contributed by atoms with van der Waals surface area (Å²) in [4.78, 5) is 49.1. The highest BCUT2D eigenvalue weighted by atomic mass is 35.5. The van der Waals surface area contributed by atoms with Crippen LogP contribution < -0.4 is 15.6 Å². The number of allylic oxidation sites excluding steroid dienone is 4. The quantitative estimate of drug-likeness (QED) is 0.385. The molecule has 0 atom stereocenters. The lowest BCUT2D eigenvalue weighted by Crippen LogP contribution is -2.34. The van der Waals surface area contributed by atoms with Crippen LogP contribution in [0.4, 0.5) is 5.13 Å². The van der Waals surface area contributed by atoms with Crippen molar-refractivity contribution in [3.63, 3.8) is 0 Å². The van der Waals surface area contributed by atoms with Gasteiger partial charge in [-0.05, 0) is 56.9 Å². The number of aromatic nitrogens is 2. The minimum Gasteiger partial charge on any atom is -0.348 e. The molecule has 8 nitrogen and oxygen atoms in total. The Labute approximate surface area is 237 Å². The number of benzene rings is 1. The van der Waals surface area contributed by atoms with Gasteiger partial charge in [0.25, 0.3) is 11.8 Å². The lowest BCUT2D eigenvalue weighted by molar-refractivity contribution is 0.0816. The highest BCUT2D eigenvalue weighted by Crippen LogP contribution is 2.28. The monoisotopic (exact) mass is 567 g/mol. The van der Waals surface area contributed by atoms with E-state index in [9.17, 15) is 14.4 Å². The second-order valence-corrected chi connectivity index (χ2v) is 11.4. The average molecular weight is 568 g/mol. The van der Waals surface area contributed by atoms with E-state index in [1.165, 1.54) is 16.2 Å². The molecule has 0 bridgehead atoms. The van der Waals surface area contributed by atoms with Crippen LogP contribution in [0.5, 0.6) is 0 Å². The van der Waals surface area contributed by atoms with E-state index in [0.29, 0.717) is 32.4 Å². The van der Waals surface area contributed by atoms with Gasteiger partial charge in [0.2, 0.25) is 0 Å². The number of carbonyl (C=O) groups excluding carboxylic acids is 2. The van der Waals surface area contributed by atoms with Gasteiger partial charge in [0.05, 0.1) is 11.7 Å². The maximum absolute atomic E-state index is 13.8. The summed E-state index contributed by atoms with van der Waals surface area (Å²) in [7, 11) is 3.26. The van der Waals surface area contributed by atoms with Gasteiger partial charge in [0.15, 0.2) is 10.6 Å². The van der Waals surface area contributed by atoms with Crippen LogP contribution >= 0.6 is 22.9 Å². The van der Waals surface area contributed by atoms with Gasteiger partial charge in [-0.3, -0.25) is 14.4 Å². The Hall–Kier alpha value is -3.43. The number of carbonyl (C=O) groups is 2. The number of rotatable bonds is 7. The topological polar surface area (TPSA) is 87.5 Å². The predicted octanol–water partition coefficient (Wildman–Crippen LogP) is 5.42. The first-order valence-corrected chi connectivity index (χ1v) is 14.2.